The highest BCUT2D eigenvalue weighted by molar-refractivity contribution is 5.92. The lowest BCUT2D eigenvalue weighted by atomic mass is 10.2. The molecule has 22 heavy (non-hydrogen) atoms. The molecule has 1 aliphatic heterocycles. The molecule has 1 atom stereocenters. The van der Waals surface area contributed by atoms with Gasteiger partial charge in [-0.1, -0.05) is 0 Å². The average Bonchev–Trinajstić information content (AvgIpc) is 2.98. The number of rotatable bonds is 5. The minimum Gasteiger partial charge on any atom is -0.326 e. The number of halogens is 1. The van der Waals surface area contributed by atoms with E-state index in [9.17, 15) is 14.0 Å². The lowest BCUT2D eigenvalue weighted by Crippen LogP contribution is -2.42. The first kappa shape index (κ1) is 15.9. The highest BCUT2D eigenvalue weighted by atomic mass is 19.1. The molecular weight excluding hydrogens is 287 g/mol. The van der Waals surface area contributed by atoms with E-state index in [2.05, 4.69) is 16.7 Å². The number of hydrogen-bond acceptors (Lipinski definition) is 4. The van der Waals surface area contributed by atoms with E-state index >= 15 is 0 Å². The van der Waals surface area contributed by atoms with E-state index in [-0.39, 0.29) is 36.8 Å². The molecular formula is C15H17FN4O2. The van der Waals surface area contributed by atoms with Crippen molar-refractivity contribution in [2.75, 3.05) is 25.0 Å². The van der Waals surface area contributed by atoms with Crippen molar-refractivity contribution in [3.63, 3.8) is 0 Å². The van der Waals surface area contributed by atoms with E-state index in [1.165, 1.54) is 29.2 Å². The fourth-order valence-corrected chi connectivity index (χ4v) is 2.32. The minimum absolute atomic E-state index is 0.00895. The SMILES string of the molecule is N#CC1CCCN1C(=O)CNCC(=O)Nc1ccc(F)cc1. The van der Waals surface area contributed by atoms with Gasteiger partial charge >= 0.3 is 0 Å². The second-order valence-corrected chi connectivity index (χ2v) is 5.03. The van der Waals surface area contributed by atoms with Gasteiger partial charge in [0.05, 0.1) is 19.2 Å². The average molecular weight is 304 g/mol. The Morgan fingerprint density at radius 2 is 2.05 bits per heavy atom. The highest BCUT2D eigenvalue weighted by Crippen LogP contribution is 2.15. The van der Waals surface area contributed by atoms with Gasteiger partial charge in [0.2, 0.25) is 11.8 Å². The van der Waals surface area contributed by atoms with E-state index in [0.29, 0.717) is 18.7 Å². The van der Waals surface area contributed by atoms with Crippen molar-refractivity contribution < 1.29 is 14.0 Å². The molecule has 1 unspecified atom stereocenters. The van der Waals surface area contributed by atoms with Crippen LogP contribution in [0.2, 0.25) is 0 Å². The lowest BCUT2D eigenvalue weighted by Gasteiger charge is -2.19. The second-order valence-electron chi connectivity index (χ2n) is 5.03. The Morgan fingerprint density at radius 3 is 2.73 bits per heavy atom. The van der Waals surface area contributed by atoms with Gasteiger partial charge in [-0.2, -0.15) is 5.26 Å². The molecule has 0 radical (unpaired) electrons. The van der Waals surface area contributed by atoms with E-state index in [1.807, 2.05) is 0 Å². The summed E-state index contributed by atoms with van der Waals surface area (Å²) in [4.78, 5) is 25.1. The summed E-state index contributed by atoms with van der Waals surface area (Å²) in [5.41, 5.74) is 0.489. The largest absolute Gasteiger partial charge is 0.326 e. The first-order valence-electron chi connectivity index (χ1n) is 7.05. The molecule has 0 aromatic heterocycles. The molecule has 1 aromatic rings. The molecule has 2 amide bonds. The second kappa shape index (κ2) is 7.52. The van der Waals surface area contributed by atoms with Crippen molar-refractivity contribution in [2.45, 2.75) is 18.9 Å². The third-order valence-electron chi connectivity index (χ3n) is 3.41. The van der Waals surface area contributed by atoms with E-state index in [0.717, 1.165) is 6.42 Å². The summed E-state index contributed by atoms with van der Waals surface area (Å²) in [6.45, 7) is 0.559. The van der Waals surface area contributed by atoms with Crippen LogP contribution in [-0.4, -0.2) is 42.4 Å². The highest BCUT2D eigenvalue weighted by Gasteiger charge is 2.27. The number of hydrogen-bond donors (Lipinski definition) is 2. The molecule has 6 nitrogen and oxygen atoms in total. The molecule has 7 heteroatoms. The van der Waals surface area contributed by atoms with Gasteiger partial charge in [-0.3, -0.25) is 14.9 Å². The summed E-state index contributed by atoms with van der Waals surface area (Å²) in [6.07, 6.45) is 1.53. The van der Waals surface area contributed by atoms with Crippen molar-refractivity contribution in [1.29, 1.82) is 5.26 Å². The van der Waals surface area contributed by atoms with Gasteiger partial charge < -0.3 is 10.2 Å². The van der Waals surface area contributed by atoms with Gasteiger partial charge in [0.15, 0.2) is 0 Å². The van der Waals surface area contributed by atoms with Crippen LogP contribution in [0.1, 0.15) is 12.8 Å². The predicted molar refractivity (Wildman–Crippen MR) is 78.2 cm³/mol. The van der Waals surface area contributed by atoms with Crippen molar-refractivity contribution in [2.24, 2.45) is 0 Å². The van der Waals surface area contributed by atoms with Crippen LogP contribution in [0, 0.1) is 17.1 Å². The number of benzene rings is 1. The minimum atomic E-state index is -0.376. The van der Waals surface area contributed by atoms with Crippen LogP contribution in [0.5, 0.6) is 0 Å². The molecule has 1 saturated heterocycles. The number of likely N-dealkylation sites (tertiary alicyclic amines) is 1. The van der Waals surface area contributed by atoms with Gasteiger partial charge in [-0.05, 0) is 37.1 Å². The standard InChI is InChI=1S/C15H17FN4O2/c16-11-3-5-12(6-4-11)19-14(21)9-18-10-15(22)20-7-1-2-13(20)8-17/h3-6,13,18H,1-2,7,9-10H2,(H,19,21). The Labute approximate surface area is 127 Å². The summed E-state index contributed by atoms with van der Waals surface area (Å²) in [5.74, 6) is -0.879. The quantitative estimate of drug-likeness (QED) is 0.845. The molecule has 2 N–H and O–H groups in total. The van der Waals surface area contributed by atoms with Crippen molar-refractivity contribution in [1.82, 2.24) is 10.2 Å². The molecule has 1 heterocycles. The van der Waals surface area contributed by atoms with Crippen LogP contribution in [0.4, 0.5) is 10.1 Å². The van der Waals surface area contributed by atoms with E-state index in [1.54, 1.807) is 0 Å². The fourth-order valence-electron chi connectivity index (χ4n) is 2.32. The van der Waals surface area contributed by atoms with Crippen LogP contribution >= 0.6 is 0 Å². The third kappa shape index (κ3) is 4.27. The molecule has 1 aromatic carbocycles. The Hall–Kier alpha value is -2.46. The Morgan fingerprint density at radius 1 is 1.32 bits per heavy atom. The summed E-state index contributed by atoms with van der Waals surface area (Å²) >= 11 is 0. The Balaban J connectivity index is 1.72. The zero-order valence-electron chi connectivity index (χ0n) is 12.0. The van der Waals surface area contributed by atoms with Crippen LogP contribution in [-0.2, 0) is 9.59 Å². The number of nitriles is 1. The maximum atomic E-state index is 12.7. The monoisotopic (exact) mass is 304 g/mol. The summed E-state index contributed by atoms with van der Waals surface area (Å²) < 4.78 is 12.7. The Bertz CT molecular complexity index is 582. The lowest BCUT2D eigenvalue weighted by molar-refractivity contribution is -0.130. The topological polar surface area (TPSA) is 85.2 Å². The molecule has 1 fully saturated rings. The van der Waals surface area contributed by atoms with Crippen molar-refractivity contribution in [3.8, 4) is 6.07 Å². The van der Waals surface area contributed by atoms with Gasteiger partial charge in [0.25, 0.3) is 0 Å². The van der Waals surface area contributed by atoms with Crippen LogP contribution in [0.25, 0.3) is 0 Å². The van der Waals surface area contributed by atoms with Gasteiger partial charge in [-0.15, -0.1) is 0 Å². The summed E-state index contributed by atoms with van der Waals surface area (Å²) in [6, 6.07) is 7.16. The molecule has 2 rings (SSSR count). The Kier molecular flexibility index (Phi) is 5.44. The van der Waals surface area contributed by atoms with Crippen LogP contribution < -0.4 is 10.6 Å². The molecule has 0 bridgehead atoms. The van der Waals surface area contributed by atoms with Crippen molar-refractivity contribution in [3.05, 3.63) is 30.1 Å². The first-order valence-corrected chi connectivity index (χ1v) is 7.05. The van der Waals surface area contributed by atoms with Gasteiger partial charge in [0, 0.05) is 12.2 Å². The van der Waals surface area contributed by atoms with Crippen LogP contribution in [0.3, 0.4) is 0 Å². The van der Waals surface area contributed by atoms with Crippen LogP contribution in [0.15, 0.2) is 24.3 Å². The number of amides is 2. The maximum absolute atomic E-state index is 12.7. The third-order valence-corrected chi connectivity index (χ3v) is 3.41. The van der Waals surface area contributed by atoms with E-state index < -0.39 is 0 Å². The van der Waals surface area contributed by atoms with Crippen molar-refractivity contribution >= 4 is 17.5 Å². The number of nitrogens with one attached hydrogen (secondary N) is 2. The van der Waals surface area contributed by atoms with Gasteiger partial charge in [-0.25, -0.2) is 4.39 Å². The zero-order valence-corrected chi connectivity index (χ0v) is 12.0. The number of carbonyl (C=O) groups is 2. The predicted octanol–water partition coefficient (Wildman–Crippen LogP) is 0.868. The normalized spacial score (nSPS) is 17.1. The number of anilines is 1. The molecule has 0 saturated carbocycles. The molecule has 0 aliphatic carbocycles. The number of carbonyl (C=O) groups excluding carboxylic acids is 2. The smallest absolute Gasteiger partial charge is 0.238 e. The maximum Gasteiger partial charge on any atom is 0.238 e. The zero-order chi connectivity index (χ0) is 15.9. The summed E-state index contributed by atoms with van der Waals surface area (Å²) in [7, 11) is 0. The fraction of sp³-hybridized carbons (Fsp3) is 0.400. The first-order chi connectivity index (χ1) is 10.6. The summed E-state index contributed by atoms with van der Waals surface area (Å²) in [5, 5.41) is 14.3. The van der Waals surface area contributed by atoms with E-state index in [4.69, 9.17) is 5.26 Å². The molecule has 116 valence electrons. The van der Waals surface area contributed by atoms with Gasteiger partial charge in [0.1, 0.15) is 11.9 Å². The number of nitrogens with zero attached hydrogens (tertiary/aromatic N) is 2. The molecule has 1 aliphatic rings. The molecule has 0 spiro atoms.